The normalized spacial score (nSPS) is 11.7. The number of nitrogens with zero attached hydrogens (tertiary/aromatic N) is 1. The maximum atomic E-state index is 13.1. The van der Waals surface area contributed by atoms with E-state index in [9.17, 15) is 27.5 Å². The Bertz CT molecular complexity index is 477. The fourth-order valence-electron chi connectivity index (χ4n) is 1.59. The molecule has 1 aromatic rings. The van der Waals surface area contributed by atoms with Gasteiger partial charge in [0, 0.05) is 12.6 Å². The lowest BCUT2D eigenvalue weighted by molar-refractivity contribution is -0.166. The van der Waals surface area contributed by atoms with E-state index in [4.69, 9.17) is 0 Å². The number of alkyl halides is 4. The average Bonchev–Trinajstić information content (AvgIpc) is 2.34. The van der Waals surface area contributed by atoms with Gasteiger partial charge in [-0.1, -0.05) is 6.07 Å². The molecule has 106 valence electrons. The van der Waals surface area contributed by atoms with E-state index >= 15 is 0 Å². The van der Waals surface area contributed by atoms with Crippen molar-refractivity contribution in [1.29, 1.82) is 0 Å². The van der Waals surface area contributed by atoms with Crippen molar-refractivity contribution in [1.82, 2.24) is 0 Å². The third kappa shape index (κ3) is 2.97. The molecule has 0 aliphatic carbocycles. The Hall–Kier alpha value is -1.79. The summed E-state index contributed by atoms with van der Waals surface area (Å²) in [6.07, 6.45) is -4.08. The van der Waals surface area contributed by atoms with Crippen LogP contribution in [-0.2, 0) is 4.79 Å². The lowest BCUT2D eigenvalue weighted by Gasteiger charge is -2.26. The zero-order chi connectivity index (χ0) is 14.8. The topological polar surface area (TPSA) is 40.5 Å². The van der Waals surface area contributed by atoms with E-state index in [1.807, 2.05) is 0 Å². The number of amides is 1. The second-order valence-corrected chi connectivity index (χ2v) is 3.94. The predicted octanol–water partition coefficient (Wildman–Crippen LogP) is 2.95. The summed E-state index contributed by atoms with van der Waals surface area (Å²) < 4.78 is 50.6. The molecule has 1 amide bonds. The summed E-state index contributed by atoms with van der Waals surface area (Å²) in [5, 5.41) is 9.30. The summed E-state index contributed by atoms with van der Waals surface area (Å²) in [6, 6.07) is 3.79. The number of aromatic hydroxyl groups is 1. The van der Waals surface area contributed by atoms with Gasteiger partial charge in [0.25, 0.3) is 0 Å². The van der Waals surface area contributed by atoms with E-state index in [0.29, 0.717) is 10.5 Å². The smallest absolute Gasteiger partial charge is 0.384 e. The molecule has 3 nitrogen and oxygen atoms in total. The van der Waals surface area contributed by atoms with E-state index in [1.54, 1.807) is 0 Å². The Morgan fingerprint density at radius 2 is 2.00 bits per heavy atom. The molecule has 1 N–H and O–H groups in total. The van der Waals surface area contributed by atoms with Crippen molar-refractivity contribution in [3.8, 4) is 5.75 Å². The maximum absolute atomic E-state index is 13.1. The molecule has 19 heavy (non-hydrogen) atoms. The van der Waals surface area contributed by atoms with Crippen LogP contribution in [0.15, 0.2) is 18.2 Å². The van der Waals surface area contributed by atoms with Crippen molar-refractivity contribution in [2.24, 2.45) is 0 Å². The van der Waals surface area contributed by atoms with Crippen LogP contribution < -0.4 is 4.90 Å². The molecule has 0 fully saturated rings. The molecule has 0 aliphatic heterocycles. The number of rotatable bonds is 4. The monoisotopic (exact) mass is 279 g/mol. The van der Waals surface area contributed by atoms with Gasteiger partial charge in [0.15, 0.2) is 0 Å². The first-order valence-electron chi connectivity index (χ1n) is 5.49. The predicted molar refractivity (Wildman–Crippen MR) is 61.8 cm³/mol. The van der Waals surface area contributed by atoms with Gasteiger partial charge in [0.2, 0.25) is 0 Å². The number of halogens is 4. The van der Waals surface area contributed by atoms with Crippen molar-refractivity contribution in [3.63, 3.8) is 0 Å². The van der Waals surface area contributed by atoms with Gasteiger partial charge < -0.3 is 10.0 Å². The van der Waals surface area contributed by atoms with E-state index < -0.39 is 18.3 Å². The third-order valence-corrected chi connectivity index (χ3v) is 2.60. The van der Waals surface area contributed by atoms with E-state index in [-0.39, 0.29) is 18.0 Å². The fraction of sp³-hybridized carbons (Fsp3) is 0.417. The second kappa shape index (κ2) is 5.46. The van der Waals surface area contributed by atoms with Gasteiger partial charge in [-0.05, 0) is 25.5 Å². The Kier molecular flexibility index (Phi) is 4.39. The van der Waals surface area contributed by atoms with E-state index in [1.165, 1.54) is 26.0 Å². The number of aryl methyl sites for hydroxylation is 1. The molecule has 0 unspecified atom stereocenters. The van der Waals surface area contributed by atoms with E-state index in [0.717, 1.165) is 6.07 Å². The highest BCUT2D eigenvalue weighted by molar-refractivity contribution is 5.99. The Morgan fingerprint density at radius 1 is 1.42 bits per heavy atom. The first-order valence-corrected chi connectivity index (χ1v) is 5.49. The van der Waals surface area contributed by atoms with Crippen LogP contribution in [0.2, 0.25) is 0 Å². The molecule has 0 saturated heterocycles. The van der Waals surface area contributed by atoms with Crippen LogP contribution in [-0.4, -0.2) is 29.9 Å². The van der Waals surface area contributed by atoms with Crippen molar-refractivity contribution >= 4 is 11.6 Å². The molecular weight excluding hydrogens is 266 g/mol. The molecule has 0 saturated carbocycles. The second-order valence-electron chi connectivity index (χ2n) is 3.94. The number of carbonyl (C=O) groups is 1. The van der Waals surface area contributed by atoms with Crippen LogP contribution >= 0.6 is 0 Å². The standard InChI is InChI=1S/C12H13F4NO2/c1-3-17(11(19)12(15,16)10(13)14)9-6-8(18)5-4-7(9)2/h4-6,10,18H,3H2,1-2H3. The van der Waals surface area contributed by atoms with Gasteiger partial charge in [-0.15, -0.1) is 0 Å². The number of phenolic OH excluding ortho intramolecular Hbond substituents is 1. The number of phenols is 1. The van der Waals surface area contributed by atoms with Gasteiger partial charge in [-0.2, -0.15) is 8.78 Å². The SMILES string of the molecule is CCN(C(=O)C(F)(F)C(F)F)c1cc(O)ccc1C. The number of anilines is 1. The van der Waals surface area contributed by atoms with Crippen LogP contribution in [0.1, 0.15) is 12.5 Å². The van der Waals surface area contributed by atoms with Crippen molar-refractivity contribution in [2.75, 3.05) is 11.4 Å². The summed E-state index contributed by atoms with van der Waals surface area (Å²) >= 11 is 0. The molecule has 0 radical (unpaired) electrons. The number of carbonyl (C=O) groups excluding carboxylic acids is 1. The van der Waals surface area contributed by atoms with Crippen LogP contribution in [0.25, 0.3) is 0 Å². The minimum atomic E-state index is -4.76. The van der Waals surface area contributed by atoms with Gasteiger partial charge in [-0.3, -0.25) is 4.79 Å². The molecule has 0 heterocycles. The van der Waals surface area contributed by atoms with Crippen molar-refractivity contribution in [2.45, 2.75) is 26.2 Å². The van der Waals surface area contributed by atoms with Crippen molar-refractivity contribution < 1.29 is 27.5 Å². The highest BCUT2D eigenvalue weighted by atomic mass is 19.3. The Labute approximate surface area is 107 Å². The Morgan fingerprint density at radius 3 is 2.47 bits per heavy atom. The summed E-state index contributed by atoms with van der Waals surface area (Å²) in [6.45, 7) is 2.68. The van der Waals surface area contributed by atoms with Crippen molar-refractivity contribution in [3.05, 3.63) is 23.8 Å². The largest absolute Gasteiger partial charge is 0.508 e. The Balaban J connectivity index is 3.21. The molecule has 0 aliphatic rings. The van der Waals surface area contributed by atoms with Crippen LogP contribution in [0, 0.1) is 6.92 Å². The molecule has 7 heteroatoms. The molecule has 0 bridgehead atoms. The van der Waals surface area contributed by atoms with Crippen LogP contribution in [0.5, 0.6) is 5.75 Å². The molecular formula is C12H13F4NO2. The number of hydrogen-bond donors (Lipinski definition) is 1. The first kappa shape index (κ1) is 15.3. The third-order valence-electron chi connectivity index (χ3n) is 2.60. The zero-order valence-electron chi connectivity index (χ0n) is 10.3. The van der Waals surface area contributed by atoms with Crippen LogP contribution in [0.4, 0.5) is 23.2 Å². The van der Waals surface area contributed by atoms with Gasteiger partial charge in [0.05, 0.1) is 5.69 Å². The maximum Gasteiger partial charge on any atom is 0.384 e. The van der Waals surface area contributed by atoms with Gasteiger partial charge in [-0.25, -0.2) is 8.78 Å². The molecule has 0 spiro atoms. The van der Waals surface area contributed by atoms with Gasteiger partial charge >= 0.3 is 18.3 Å². The number of benzene rings is 1. The van der Waals surface area contributed by atoms with Crippen LogP contribution in [0.3, 0.4) is 0 Å². The molecule has 1 aromatic carbocycles. The zero-order valence-corrected chi connectivity index (χ0v) is 10.3. The highest BCUT2D eigenvalue weighted by Gasteiger charge is 2.51. The minimum absolute atomic E-state index is 0.0205. The average molecular weight is 279 g/mol. The highest BCUT2D eigenvalue weighted by Crippen LogP contribution is 2.31. The lowest BCUT2D eigenvalue weighted by atomic mass is 10.1. The summed E-state index contributed by atoms with van der Waals surface area (Å²) in [7, 11) is 0. The lowest BCUT2D eigenvalue weighted by Crippen LogP contribution is -2.48. The summed E-state index contributed by atoms with van der Waals surface area (Å²) in [5.74, 6) is -6.99. The summed E-state index contributed by atoms with van der Waals surface area (Å²) in [4.78, 5) is 12.0. The number of hydrogen-bond acceptors (Lipinski definition) is 2. The molecule has 0 aromatic heterocycles. The fourth-order valence-corrected chi connectivity index (χ4v) is 1.59. The molecule has 1 rings (SSSR count). The molecule has 0 atom stereocenters. The first-order chi connectivity index (χ1) is 8.71. The quantitative estimate of drug-likeness (QED) is 0.861. The van der Waals surface area contributed by atoms with E-state index in [2.05, 4.69) is 0 Å². The van der Waals surface area contributed by atoms with Gasteiger partial charge in [0.1, 0.15) is 5.75 Å². The summed E-state index contributed by atoms with van der Waals surface area (Å²) in [5.41, 5.74) is 0.394. The minimum Gasteiger partial charge on any atom is -0.508 e.